The highest BCUT2D eigenvalue weighted by atomic mass is 32.1. The van der Waals surface area contributed by atoms with Gasteiger partial charge >= 0.3 is 0 Å². The Bertz CT molecular complexity index is 962. The minimum atomic E-state index is -0.552. The largest absolute Gasteiger partial charge is 0.444 e. The summed E-state index contributed by atoms with van der Waals surface area (Å²) >= 11 is 1.41. The highest BCUT2D eigenvalue weighted by molar-refractivity contribution is 7.18. The molecule has 0 atom stereocenters. The Hall–Kier alpha value is -2.96. The second-order valence-electron chi connectivity index (χ2n) is 5.17. The van der Waals surface area contributed by atoms with E-state index >= 15 is 0 Å². The van der Waals surface area contributed by atoms with E-state index in [4.69, 9.17) is 9.94 Å². The van der Waals surface area contributed by atoms with Crippen LogP contribution in [-0.2, 0) is 0 Å². The summed E-state index contributed by atoms with van der Waals surface area (Å²) in [6.45, 7) is 0. The third-order valence-corrected chi connectivity index (χ3v) is 4.72. The van der Waals surface area contributed by atoms with Crippen molar-refractivity contribution in [1.29, 1.82) is 0 Å². The summed E-state index contributed by atoms with van der Waals surface area (Å²) < 4.78 is 5.97. The van der Waals surface area contributed by atoms with E-state index in [0.29, 0.717) is 21.9 Å². The number of ether oxygens (including phenoxy) is 1. The number of rotatable bonds is 2. The number of fused-ring (bicyclic) bond motifs is 2. The van der Waals surface area contributed by atoms with Crippen LogP contribution in [0.4, 0.5) is 5.69 Å². The molecule has 0 fully saturated rings. The molecule has 4 rings (SSSR count). The topological polar surface area (TPSA) is 70.9 Å². The third kappa shape index (κ3) is 2.47. The van der Waals surface area contributed by atoms with Crippen molar-refractivity contribution in [3.05, 3.63) is 65.7 Å². The fourth-order valence-electron chi connectivity index (χ4n) is 2.54. The normalized spacial score (nSPS) is 11.9. The van der Waals surface area contributed by atoms with Gasteiger partial charge in [0.2, 0.25) is 5.06 Å². The lowest BCUT2D eigenvalue weighted by Crippen LogP contribution is -2.19. The van der Waals surface area contributed by atoms with Crippen molar-refractivity contribution in [3.63, 3.8) is 0 Å². The molecule has 5 nitrogen and oxygen atoms in total. The standard InChI is InChI=1S/C18H12N2O3S/c21-17(20-22)13-7-3-2-6-12(13)16-9-14-18(24-16)23-15-8-4-1-5-11(15)10-19-14/h1-10,22H,(H,20,21). The highest BCUT2D eigenvalue weighted by Gasteiger charge is 2.19. The number of carbonyl (C=O) groups is 1. The maximum absolute atomic E-state index is 11.9. The van der Waals surface area contributed by atoms with Gasteiger partial charge in [0.1, 0.15) is 11.4 Å². The Morgan fingerprint density at radius 1 is 1.12 bits per heavy atom. The molecule has 2 N–H and O–H groups in total. The van der Waals surface area contributed by atoms with E-state index < -0.39 is 5.91 Å². The van der Waals surface area contributed by atoms with E-state index in [1.165, 1.54) is 11.3 Å². The first kappa shape index (κ1) is 14.6. The van der Waals surface area contributed by atoms with E-state index in [-0.39, 0.29) is 0 Å². The third-order valence-electron chi connectivity index (χ3n) is 3.68. The van der Waals surface area contributed by atoms with Gasteiger partial charge in [-0.25, -0.2) is 5.48 Å². The SMILES string of the molecule is O=C(NO)c1ccccc1-c1cc2c(s1)Oc1ccccc1C=N2. The van der Waals surface area contributed by atoms with Gasteiger partial charge in [0.25, 0.3) is 5.91 Å². The quantitative estimate of drug-likeness (QED) is 0.421. The van der Waals surface area contributed by atoms with E-state index in [1.54, 1.807) is 23.8 Å². The molecule has 1 aliphatic rings. The molecule has 0 radical (unpaired) electrons. The van der Waals surface area contributed by atoms with Gasteiger partial charge in [-0.05, 0) is 24.3 Å². The number of amides is 1. The Labute approximate surface area is 141 Å². The number of nitrogens with one attached hydrogen (secondary N) is 1. The molecule has 0 aliphatic carbocycles. The van der Waals surface area contributed by atoms with Crippen molar-refractivity contribution >= 4 is 29.1 Å². The average Bonchev–Trinajstić information content (AvgIpc) is 2.95. The molecule has 118 valence electrons. The summed E-state index contributed by atoms with van der Waals surface area (Å²) in [6.07, 6.45) is 1.77. The summed E-state index contributed by atoms with van der Waals surface area (Å²) in [5.74, 6) is 0.193. The Morgan fingerprint density at radius 3 is 2.79 bits per heavy atom. The first-order valence-corrected chi connectivity index (χ1v) is 8.06. The van der Waals surface area contributed by atoms with Crippen LogP contribution in [0.1, 0.15) is 15.9 Å². The van der Waals surface area contributed by atoms with Crippen molar-refractivity contribution < 1.29 is 14.7 Å². The van der Waals surface area contributed by atoms with Gasteiger partial charge in [-0.3, -0.25) is 15.0 Å². The summed E-state index contributed by atoms with van der Waals surface area (Å²) in [4.78, 5) is 17.2. The van der Waals surface area contributed by atoms with Crippen LogP contribution in [0.5, 0.6) is 10.8 Å². The average molecular weight is 336 g/mol. The lowest BCUT2D eigenvalue weighted by molar-refractivity contribution is 0.0707. The molecule has 1 aromatic heterocycles. The van der Waals surface area contributed by atoms with Gasteiger partial charge in [-0.15, -0.1) is 0 Å². The number of hydroxylamine groups is 1. The van der Waals surface area contributed by atoms with Crippen LogP contribution in [0.15, 0.2) is 59.6 Å². The predicted octanol–water partition coefficient (Wildman–Crippen LogP) is 4.39. The zero-order valence-corrected chi connectivity index (χ0v) is 13.2. The smallest absolute Gasteiger partial charge is 0.275 e. The van der Waals surface area contributed by atoms with Crippen molar-refractivity contribution in [1.82, 2.24) is 5.48 Å². The number of benzene rings is 2. The molecule has 6 heteroatoms. The van der Waals surface area contributed by atoms with Crippen LogP contribution in [0.25, 0.3) is 10.4 Å². The Balaban J connectivity index is 1.79. The number of hydrogen-bond donors (Lipinski definition) is 2. The second-order valence-corrected chi connectivity index (χ2v) is 6.18. The molecule has 0 saturated carbocycles. The summed E-state index contributed by atoms with van der Waals surface area (Å²) in [5, 5.41) is 9.60. The van der Waals surface area contributed by atoms with Gasteiger partial charge in [-0.1, -0.05) is 41.7 Å². The highest BCUT2D eigenvalue weighted by Crippen LogP contribution is 2.46. The predicted molar refractivity (Wildman–Crippen MR) is 92.8 cm³/mol. The molecule has 3 aromatic rings. The van der Waals surface area contributed by atoms with Crippen LogP contribution in [0.2, 0.25) is 0 Å². The molecule has 1 aliphatic heterocycles. The van der Waals surface area contributed by atoms with Crippen LogP contribution in [0, 0.1) is 0 Å². The van der Waals surface area contributed by atoms with Gasteiger partial charge in [-0.2, -0.15) is 0 Å². The molecule has 24 heavy (non-hydrogen) atoms. The van der Waals surface area contributed by atoms with E-state index in [0.717, 1.165) is 16.2 Å². The van der Waals surface area contributed by atoms with Gasteiger partial charge in [0, 0.05) is 22.2 Å². The molecule has 2 heterocycles. The zero-order valence-electron chi connectivity index (χ0n) is 12.4. The zero-order chi connectivity index (χ0) is 16.5. The van der Waals surface area contributed by atoms with Crippen LogP contribution >= 0.6 is 11.3 Å². The maximum Gasteiger partial charge on any atom is 0.275 e. The molecular weight excluding hydrogens is 324 g/mol. The Kier molecular flexibility index (Phi) is 3.60. The van der Waals surface area contributed by atoms with E-state index in [9.17, 15) is 4.79 Å². The van der Waals surface area contributed by atoms with Crippen LogP contribution < -0.4 is 10.2 Å². The molecule has 2 aromatic carbocycles. The number of aliphatic imine (C=N–C) groups is 1. The number of para-hydroxylation sites is 1. The fourth-order valence-corrected chi connectivity index (χ4v) is 3.54. The lowest BCUT2D eigenvalue weighted by Gasteiger charge is -2.06. The summed E-state index contributed by atoms with van der Waals surface area (Å²) in [7, 11) is 0. The molecular formula is C18H12N2O3S. The van der Waals surface area contributed by atoms with Gasteiger partial charge < -0.3 is 4.74 Å². The molecule has 0 saturated heterocycles. The number of thiophene rings is 1. The number of hydrogen-bond acceptors (Lipinski definition) is 5. The van der Waals surface area contributed by atoms with E-state index in [2.05, 4.69) is 4.99 Å². The van der Waals surface area contributed by atoms with Gasteiger partial charge in [0.05, 0.1) is 5.56 Å². The van der Waals surface area contributed by atoms with Crippen LogP contribution in [0.3, 0.4) is 0 Å². The first-order valence-electron chi connectivity index (χ1n) is 7.25. The van der Waals surface area contributed by atoms with E-state index in [1.807, 2.05) is 42.5 Å². The van der Waals surface area contributed by atoms with Crippen LogP contribution in [-0.4, -0.2) is 17.3 Å². The minimum Gasteiger partial charge on any atom is -0.444 e. The van der Waals surface area contributed by atoms with Gasteiger partial charge in [0.15, 0.2) is 0 Å². The number of nitrogens with zero attached hydrogens (tertiary/aromatic N) is 1. The van der Waals surface area contributed by atoms with Crippen molar-refractivity contribution in [2.24, 2.45) is 4.99 Å². The number of carbonyl (C=O) groups excluding carboxylic acids is 1. The van der Waals surface area contributed by atoms with Crippen molar-refractivity contribution in [2.75, 3.05) is 0 Å². The lowest BCUT2D eigenvalue weighted by atomic mass is 10.1. The summed E-state index contributed by atoms with van der Waals surface area (Å²) in [6, 6.07) is 16.6. The summed E-state index contributed by atoms with van der Waals surface area (Å²) in [5.41, 5.74) is 4.42. The monoisotopic (exact) mass is 336 g/mol. The first-order chi connectivity index (χ1) is 11.8. The molecule has 1 amide bonds. The maximum atomic E-state index is 11.9. The Morgan fingerprint density at radius 2 is 1.92 bits per heavy atom. The van der Waals surface area contributed by atoms with Crippen molar-refractivity contribution in [3.8, 4) is 21.3 Å². The van der Waals surface area contributed by atoms with Crippen molar-refractivity contribution in [2.45, 2.75) is 0 Å². The molecule has 0 bridgehead atoms. The molecule has 0 spiro atoms. The second kappa shape index (κ2) is 5.92. The minimum absolute atomic E-state index is 0.390. The fraction of sp³-hybridized carbons (Fsp3) is 0. The molecule has 0 unspecified atom stereocenters.